The maximum Gasteiger partial charge on any atom is 0.130 e. The standard InChI is InChI=1S/C18H20N2S/c21-16-12-15(13-6-4-5-7-13)19-17(20-16)18(10-11-18)14-8-2-1-3-9-14/h1-3,8-9,12-13H,4-7,10-11H2,(H,19,20,21). The third kappa shape index (κ3) is 2.34. The monoisotopic (exact) mass is 296 g/mol. The number of benzene rings is 1. The Morgan fingerprint density at radius 2 is 1.81 bits per heavy atom. The highest BCUT2D eigenvalue weighted by molar-refractivity contribution is 7.71. The predicted octanol–water partition coefficient (Wildman–Crippen LogP) is 4.88. The van der Waals surface area contributed by atoms with E-state index in [1.807, 2.05) is 0 Å². The minimum absolute atomic E-state index is 0.0867. The second-order valence-electron chi connectivity index (χ2n) is 6.45. The summed E-state index contributed by atoms with van der Waals surface area (Å²) in [6.45, 7) is 0. The Balaban J connectivity index is 1.77. The first-order chi connectivity index (χ1) is 10.3. The molecule has 0 amide bonds. The zero-order valence-electron chi connectivity index (χ0n) is 12.1. The number of hydrogen-bond acceptors (Lipinski definition) is 2. The summed E-state index contributed by atoms with van der Waals surface area (Å²) < 4.78 is 0.743. The first-order valence-corrected chi connectivity index (χ1v) is 8.36. The van der Waals surface area contributed by atoms with Crippen LogP contribution in [0.25, 0.3) is 0 Å². The van der Waals surface area contributed by atoms with E-state index in [-0.39, 0.29) is 5.41 Å². The van der Waals surface area contributed by atoms with Gasteiger partial charge in [0.1, 0.15) is 10.5 Å². The lowest BCUT2D eigenvalue weighted by Gasteiger charge is -2.18. The van der Waals surface area contributed by atoms with Gasteiger partial charge in [0, 0.05) is 5.69 Å². The fourth-order valence-corrected chi connectivity index (χ4v) is 3.92. The van der Waals surface area contributed by atoms with Crippen LogP contribution in [-0.2, 0) is 5.41 Å². The average Bonchev–Trinajstić information content (AvgIpc) is 3.15. The molecular weight excluding hydrogens is 276 g/mol. The lowest BCUT2D eigenvalue weighted by atomic mass is 9.94. The number of aromatic amines is 1. The van der Waals surface area contributed by atoms with Crippen LogP contribution < -0.4 is 0 Å². The van der Waals surface area contributed by atoms with Crippen molar-refractivity contribution in [1.29, 1.82) is 0 Å². The van der Waals surface area contributed by atoms with Gasteiger partial charge in [0.2, 0.25) is 0 Å². The SMILES string of the molecule is S=c1cc(C2CCCC2)[nH]c(C2(c3ccccc3)CC2)n1. The molecule has 0 spiro atoms. The van der Waals surface area contributed by atoms with Crippen molar-refractivity contribution < 1.29 is 0 Å². The summed E-state index contributed by atoms with van der Waals surface area (Å²) in [6, 6.07) is 12.8. The van der Waals surface area contributed by atoms with Crippen molar-refractivity contribution in [3.8, 4) is 0 Å². The van der Waals surface area contributed by atoms with Gasteiger partial charge in [-0.3, -0.25) is 0 Å². The topological polar surface area (TPSA) is 28.7 Å². The first-order valence-electron chi connectivity index (χ1n) is 7.95. The third-order valence-corrected chi connectivity index (χ3v) is 5.30. The molecule has 2 aromatic rings. The van der Waals surface area contributed by atoms with Crippen molar-refractivity contribution in [1.82, 2.24) is 9.97 Å². The van der Waals surface area contributed by atoms with Gasteiger partial charge in [-0.15, -0.1) is 0 Å². The molecule has 0 unspecified atom stereocenters. The highest BCUT2D eigenvalue weighted by atomic mass is 32.1. The zero-order valence-corrected chi connectivity index (χ0v) is 13.0. The Morgan fingerprint density at radius 3 is 2.48 bits per heavy atom. The molecule has 0 aliphatic heterocycles. The maximum atomic E-state index is 5.44. The van der Waals surface area contributed by atoms with Gasteiger partial charge in [-0.1, -0.05) is 55.4 Å². The van der Waals surface area contributed by atoms with Gasteiger partial charge >= 0.3 is 0 Å². The molecule has 4 rings (SSSR count). The lowest BCUT2D eigenvalue weighted by Crippen LogP contribution is -2.15. The Kier molecular flexibility index (Phi) is 3.18. The molecule has 2 saturated carbocycles. The van der Waals surface area contributed by atoms with Gasteiger partial charge in [-0.25, -0.2) is 4.98 Å². The third-order valence-electron chi connectivity index (χ3n) is 5.09. The van der Waals surface area contributed by atoms with E-state index in [1.165, 1.54) is 49.8 Å². The van der Waals surface area contributed by atoms with E-state index in [0.717, 1.165) is 10.5 Å². The minimum Gasteiger partial charge on any atom is -0.346 e. The fraction of sp³-hybridized carbons (Fsp3) is 0.444. The molecular formula is C18H20N2S. The first kappa shape index (κ1) is 13.2. The Labute approximate surface area is 130 Å². The van der Waals surface area contributed by atoms with Crippen molar-refractivity contribution in [3.05, 3.63) is 58.1 Å². The van der Waals surface area contributed by atoms with E-state index in [1.54, 1.807) is 0 Å². The van der Waals surface area contributed by atoms with Crippen molar-refractivity contribution in [2.45, 2.75) is 49.9 Å². The van der Waals surface area contributed by atoms with Crippen molar-refractivity contribution in [2.24, 2.45) is 0 Å². The molecule has 2 aliphatic carbocycles. The lowest BCUT2D eigenvalue weighted by molar-refractivity contribution is 0.662. The van der Waals surface area contributed by atoms with Gasteiger partial charge < -0.3 is 4.98 Å². The highest BCUT2D eigenvalue weighted by Crippen LogP contribution is 2.52. The van der Waals surface area contributed by atoms with Gasteiger partial charge in [0.15, 0.2) is 0 Å². The Morgan fingerprint density at radius 1 is 1.10 bits per heavy atom. The van der Waals surface area contributed by atoms with Crippen LogP contribution in [0, 0.1) is 4.64 Å². The van der Waals surface area contributed by atoms with E-state index < -0.39 is 0 Å². The molecule has 2 nitrogen and oxygen atoms in total. The smallest absolute Gasteiger partial charge is 0.130 e. The van der Waals surface area contributed by atoms with Crippen LogP contribution in [0.2, 0.25) is 0 Å². The second-order valence-corrected chi connectivity index (χ2v) is 6.87. The van der Waals surface area contributed by atoms with E-state index in [9.17, 15) is 0 Å². The predicted molar refractivity (Wildman–Crippen MR) is 87.1 cm³/mol. The summed E-state index contributed by atoms with van der Waals surface area (Å²) in [5, 5.41) is 0. The largest absolute Gasteiger partial charge is 0.346 e. The van der Waals surface area contributed by atoms with Crippen LogP contribution in [0.5, 0.6) is 0 Å². The molecule has 0 atom stereocenters. The van der Waals surface area contributed by atoms with Crippen LogP contribution in [0.4, 0.5) is 0 Å². The maximum absolute atomic E-state index is 5.44. The number of rotatable bonds is 3. The zero-order chi connectivity index (χ0) is 14.3. The van der Waals surface area contributed by atoms with Gasteiger partial charge in [-0.05, 0) is 43.2 Å². The molecule has 21 heavy (non-hydrogen) atoms. The minimum atomic E-state index is 0.0867. The van der Waals surface area contributed by atoms with Gasteiger partial charge in [-0.2, -0.15) is 0 Å². The van der Waals surface area contributed by atoms with Crippen LogP contribution in [0.1, 0.15) is 61.5 Å². The summed E-state index contributed by atoms with van der Waals surface area (Å²) in [6.07, 6.45) is 7.59. The Bertz CT molecular complexity index is 695. The molecule has 1 aromatic heterocycles. The summed E-state index contributed by atoms with van der Waals surface area (Å²) in [5.41, 5.74) is 2.76. The van der Waals surface area contributed by atoms with Crippen LogP contribution >= 0.6 is 12.2 Å². The van der Waals surface area contributed by atoms with E-state index >= 15 is 0 Å². The molecule has 2 fully saturated rings. The molecule has 1 N–H and O–H groups in total. The van der Waals surface area contributed by atoms with Crippen LogP contribution in [0.15, 0.2) is 36.4 Å². The summed E-state index contributed by atoms with van der Waals surface area (Å²) in [7, 11) is 0. The van der Waals surface area contributed by atoms with Gasteiger partial charge in [0.05, 0.1) is 5.41 Å². The Hall–Kier alpha value is -1.48. The highest BCUT2D eigenvalue weighted by Gasteiger charge is 2.48. The number of aromatic nitrogens is 2. The van der Waals surface area contributed by atoms with E-state index in [4.69, 9.17) is 12.2 Å². The molecule has 0 saturated heterocycles. The van der Waals surface area contributed by atoms with E-state index in [2.05, 4.69) is 46.4 Å². The molecule has 1 aromatic carbocycles. The van der Waals surface area contributed by atoms with Crippen molar-refractivity contribution in [2.75, 3.05) is 0 Å². The van der Waals surface area contributed by atoms with E-state index in [0.29, 0.717) is 5.92 Å². The number of H-pyrrole nitrogens is 1. The molecule has 1 heterocycles. The number of nitrogens with one attached hydrogen (secondary N) is 1. The number of nitrogens with zero attached hydrogens (tertiary/aromatic N) is 1. The summed E-state index contributed by atoms with van der Waals surface area (Å²) in [5.74, 6) is 1.74. The summed E-state index contributed by atoms with van der Waals surface area (Å²) >= 11 is 5.44. The van der Waals surface area contributed by atoms with Crippen molar-refractivity contribution in [3.63, 3.8) is 0 Å². The van der Waals surface area contributed by atoms with Crippen LogP contribution in [0.3, 0.4) is 0 Å². The molecule has 0 bridgehead atoms. The molecule has 108 valence electrons. The van der Waals surface area contributed by atoms with Gasteiger partial charge in [0.25, 0.3) is 0 Å². The second kappa shape index (κ2) is 5.06. The summed E-state index contributed by atoms with van der Waals surface area (Å²) in [4.78, 5) is 8.33. The van der Waals surface area contributed by atoms with Crippen molar-refractivity contribution >= 4 is 12.2 Å². The molecule has 0 radical (unpaired) electrons. The number of hydrogen-bond donors (Lipinski definition) is 1. The molecule has 2 aliphatic rings. The quantitative estimate of drug-likeness (QED) is 0.818. The fourth-order valence-electron chi connectivity index (χ4n) is 3.70. The normalized spacial score (nSPS) is 20.6. The van der Waals surface area contributed by atoms with Crippen LogP contribution in [-0.4, -0.2) is 9.97 Å². The molecule has 3 heteroatoms. The average molecular weight is 296 g/mol.